The Labute approximate surface area is 103 Å². The fourth-order valence-corrected chi connectivity index (χ4v) is 2.46. The van der Waals surface area contributed by atoms with E-state index in [4.69, 9.17) is 4.74 Å². The van der Waals surface area contributed by atoms with Crippen molar-refractivity contribution in [3.63, 3.8) is 0 Å². The number of hydrogen-bond donors (Lipinski definition) is 1. The predicted molar refractivity (Wildman–Crippen MR) is 65.1 cm³/mol. The van der Waals surface area contributed by atoms with Crippen LogP contribution in [0.2, 0.25) is 0 Å². The van der Waals surface area contributed by atoms with Gasteiger partial charge in [-0.05, 0) is 37.1 Å². The van der Waals surface area contributed by atoms with Crippen molar-refractivity contribution in [1.29, 1.82) is 0 Å². The van der Waals surface area contributed by atoms with Crippen LogP contribution in [0.25, 0.3) is 0 Å². The van der Waals surface area contributed by atoms with E-state index in [1.54, 1.807) is 0 Å². The molecule has 3 nitrogen and oxygen atoms in total. The lowest BCUT2D eigenvalue weighted by atomic mass is 9.88. The van der Waals surface area contributed by atoms with E-state index in [9.17, 15) is 4.79 Å². The number of esters is 1. The third-order valence-electron chi connectivity index (χ3n) is 3.03. The number of benzene rings is 1. The molecule has 4 heteroatoms. The molecule has 0 aliphatic carbocycles. The second-order valence-electron chi connectivity index (χ2n) is 3.93. The summed E-state index contributed by atoms with van der Waals surface area (Å²) in [7, 11) is 1.43. The molecule has 1 N–H and O–H groups in total. The molecule has 1 aromatic carbocycles. The number of hydrogen-bond acceptors (Lipinski definition) is 3. The Morgan fingerprint density at radius 2 is 2.12 bits per heavy atom. The molecule has 1 atom stereocenters. The molecule has 1 unspecified atom stereocenters. The molecule has 0 saturated carbocycles. The van der Waals surface area contributed by atoms with Crippen LogP contribution in [0.15, 0.2) is 28.7 Å². The van der Waals surface area contributed by atoms with Crippen molar-refractivity contribution in [2.24, 2.45) is 0 Å². The monoisotopic (exact) mass is 283 g/mol. The highest BCUT2D eigenvalue weighted by molar-refractivity contribution is 9.10. The van der Waals surface area contributed by atoms with E-state index in [1.807, 2.05) is 24.3 Å². The quantitative estimate of drug-likeness (QED) is 0.846. The topological polar surface area (TPSA) is 38.3 Å². The number of nitrogens with one attached hydrogen (secondary N) is 1. The van der Waals surface area contributed by atoms with Gasteiger partial charge < -0.3 is 4.74 Å². The van der Waals surface area contributed by atoms with E-state index in [2.05, 4.69) is 21.2 Å². The normalized spacial score (nSPS) is 24.4. The fourth-order valence-electron chi connectivity index (χ4n) is 2.19. The average molecular weight is 284 g/mol. The molecule has 0 aromatic heterocycles. The van der Waals surface area contributed by atoms with Gasteiger partial charge in [0.05, 0.1) is 7.11 Å². The van der Waals surface area contributed by atoms with E-state index < -0.39 is 5.54 Å². The highest BCUT2D eigenvalue weighted by atomic mass is 79.9. The van der Waals surface area contributed by atoms with Gasteiger partial charge in [-0.15, -0.1) is 0 Å². The van der Waals surface area contributed by atoms with Crippen LogP contribution in [0.4, 0.5) is 0 Å². The molecule has 0 radical (unpaired) electrons. The summed E-state index contributed by atoms with van der Waals surface area (Å²) in [4.78, 5) is 11.9. The van der Waals surface area contributed by atoms with Gasteiger partial charge in [0.25, 0.3) is 0 Å². The first-order valence-electron chi connectivity index (χ1n) is 5.28. The number of ether oxygens (including phenoxy) is 1. The summed E-state index contributed by atoms with van der Waals surface area (Å²) in [6.45, 7) is 0.852. The number of carbonyl (C=O) groups excluding carboxylic acids is 1. The van der Waals surface area contributed by atoms with Crippen molar-refractivity contribution < 1.29 is 9.53 Å². The highest BCUT2D eigenvalue weighted by Crippen LogP contribution is 2.32. The molecular weight excluding hydrogens is 270 g/mol. The molecule has 1 saturated heterocycles. The number of carbonyl (C=O) groups is 1. The zero-order valence-electron chi connectivity index (χ0n) is 9.13. The molecule has 0 amide bonds. The van der Waals surface area contributed by atoms with Crippen molar-refractivity contribution >= 4 is 21.9 Å². The minimum atomic E-state index is -0.643. The molecule has 1 aromatic rings. The second-order valence-corrected chi connectivity index (χ2v) is 4.85. The molecule has 16 heavy (non-hydrogen) atoms. The van der Waals surface area contributed by atoms with Gasteiger partial charge in [-0.1, -0.05) is 28.1 Å². The Balaban J connectivity index is 2.39. The molecule has 2 rings (SSSR count). The maximum Gasteiger partial charge on any atom is 0.330 e. The van der Waals surface area contributed by atoms with Gasteiger partial charge in [-0.25, -0.2) is 4.79 Å². The maximum absolute atomic E-state index is 11.9. The lowest BCUT2D eigenvalue weighted by molar-refractivity contribution is -0.148. The average Bonchev–Trinajstić information content (AvgIpc) is 2.79. The minimum absolute atomic E-state index is 0.202. The van der Waals surface area contributed by atoms with Crippen molar-refractivity contribution in [2.45, 2.75) is 18.4 Å². The molecule has 1 aliphatic rings. The number of halogens is 1. The molecule has 0 spiro atoms. The Kier molecular flexibility index (Phi) is 3.30. The summed E-state index contributed by atoms with van der Waals surface area (Å²) in [6.07, 6.45) is 1.78. The summed E-state index contributed by atoms with van der Waals surface area (Å²) in [5, 5.41) is 3.27. The third kappa shape index (κ3) is 1.87. The van der Waals surface area contributed by atoms with Crippen LogP contribution in [-0.2, 0) is 15.1 Å². The lowest BCUT2D eigenvalue weighted by Gasteiger charge is -2.26. The Hall–Kier alpha value is -0.870. The van der Waals surface area contributed by atoms with E-state index in [-0.39, 0.29) is 5.97 Å². The summed E-state index contributed by atoms with van der Waals surface area (Å²) in [6, 6.07) is 7.80. The van der Waals surface area contributed by atoms with E-state index in [1.165, 1.54) is 7.11 Å². The molecule has 1 heterocycles. The van der Waals surface area contributed by atoms with Crippen LogP contribution in [0.5, 0.6) is 0 Å². The van der Waals surface area contributed by atoms with Crippen molar-refractivity contribution in [3.8, 4) is 0 Å². The Bertz CT molecular complexity index is 383. The first-order chi connectivity index (χ1) is 7.69. The molecule has 1 aliphatic heterocycles. The maximum atomic E-state index is 11.9. The Morgan fingerprint density at radius 3 is 2.62 bits per heavy atom. The van der Waals surface area contributed by atoms with Gasteiger partial charge in [0.2, 0.25) is 0 Å². The third-order valence-corrected chi connectivity index (χ3v) is 3.55. The molecule has 86 valence electrons. The van der Waals surface area contributed by atoms with Gasteiger partial charge in [-0.3, -0.25) is 5.32 Å². The fraction of sp³-hybridized carbons (Fsp3) is 0.417. The van der Waals surface area contributed by atoms with Crippen molar-refractivity contribution in [1.82, 2.24) is 5.32 Å². The van der Waals surface area contributed by atoms with Crippen LogP contribution >= 0.6 is 15.9 Å². The minimum Gasteiger partial charge on any atom is -0.467 e. The van der Waals surface area contributed by atoms with Gasteiger partial charge in [-0.2, -0.15) is 0 Å². The first-order valence-corrected chi connectivity index (χ1v) is 6.08. The van der Waals surface area contributed by atoms with Gasteiger partial charge in [0.15, 0.2) is 0 Å². The van der Waals surface area contributed by atoms with Crippen molar-refractivity contribution in [3.05, 3.63) is 34.3 Å². The summed E-state index contributed by atoms with van der Waals surface area (Å²) in [5.41, 5.74) is 0.329. The van der Waals surface area contributed by atoms with E-state index >= 15 is 0 Å². The molecule has 0 bridgehead atoms. The molecule has 1 fully saturated rings. The smallest absolute Gasteiger partial charge is 0.330 e. The van der Waals surface area contributed by atoms with E-state index in [0.29, 0.717) is 0 Å². The largest absolute Gasteiger partial charge is 0.467 e. The van der Waals surface area contributed by atoms with E-state index in [0.717, 1.165) is 29.4 Å². The summed E-state index contributed by atoms with van der Waals surface area (Å²) in [5.74, 6) is -0.202. The van der Waals surface area contributed by atoms with Crippen LogP contribution < -0.4 is 5.32 Å². The summed E-state index contributed by atoms with van der Waals surface area (Å²) < 4.78 is 5.92. The van der Waals surface area contributed by atoms with Crippen molar-refractivity contribution in [2.75, 3.05) is 13.7 Å². The number of methoxy groups -OCH3 is 1. The standard InChI is InChI=1S/C12H14BrNO2/c1-16-11(15)12(7-2-8-14-12)9-3-5-10(13)6-4-9/h3-6,14H,2,7-8H2,1H3. The zero-order valence-corrected chi connectivity index (χ0v) is 10.7. The predicted octanol–water partition coefficient (Wildman–Crippen LogP) is 2.20. The SMILES string of the molecule is COC(=O)C1(c2ccc(Br)cc2)CCCN1. The van der Waals surface area contributed by atoms with Crippen LogP contribution in [0.3, 0.4) is 0 Å². The van der Waals surface area contributed by atoms with Gasteiger partial charge in [0.1, 0.15) is 5.54 Å². The molecular formula is C12H14BrNO2. The van der Waals surface area contributed by atoms with Gasteiger partial charge in [0, 0.05) is 4.47 Å². The van der Waals surface area contributed by atoms with Gasteiger partial charge >= 0.3 is 5.97 Å². The zero-order chi connectivity index (χ0) is 11.6. The van der Waals surface area contributed by atoms with Crippen LogP contribution in [0.1, 0.15) is 18.4 Å². The Morgan fingerprint density at radius 1 is 1.44 bits per heavy atom. The highest BCUT2D eigenvalue weighted by Gasteiger charge is 2.43. The summed E-state index contributed by atoms with van der Waals surface area (Å²) >= 11 is 3.39. The lowest BCUT2D eigenvalue weighted by Crippen LogP contribution is -2.45. The van der Waals surface area contributed by atoms with Crippen LogP contribution in [0, 0.1) is 0 Å². The van der Waals surface area contributed by atoms with Crippen LogP contribution in [-0.4, -0.2) is 19.6 Å². The first kappa shape index (κ1) is 11.6. The number of rotatable bonds is 2. The second kappa shape index (κ2) is 4.55.